The molecule has 4 heteroatoms. The number of hydrogen-bond acceptors (Lipinski definition) is 3. The second-order valence-corrected chi connectivity index (χ2v) is 3.53. The molecule has 0 saturated heterocycles. The molecule has 1 atom stereocenters. The van der Waals surface area contributed by atoms with Crippen molar-refractivity contribution >= 4 is 24.1 Å². The molecule has 0 saturated carbocycles. The van der Waals surface area contributed by atoms with Gasteiger partial charge in [-0.05, 0) is 30.0 Å². The lowest BCUT2D eigenvalue weighted by molar-refractivity contribution is -0.142. The van der Waals surface area contributed by atoms with E-state index in [1.807, 2.05) is 18.2 Å². The number of hydrogen-bond donors (Lipinski definition) is 1. The summed E-state index contributed by atoms with van der Waals surface area (Å²) in [5.41, 5.74) is 8.76. The number of esters is 1. The highest BCUT2D eigenvalue weighted by Gasteiger charge is 2.30. The van der Waals surface area contributed by atoms with Crippen molar-refractivity contribution in [3.05, 3.63) is 29.3 Å². The zero-order valence-electron chi connectivity index (χ0n) is 8.53. The number of carbonyl (C=O) groups excluding carboxylic acids is 1. The molecule has 0 heterocycles. The van der Waals surface area contributed by atoms with E-state index < -0.39 is 0 Å². The summed E-state index contributed by atoms with van der Waals surface area (Å²) in [7, 11) is 1.42. The highest BCUT2D eigenvalue weighted by Crippen LogP contribution is 2.36. The van der Waals surface area contributed by atoms with Crippen molar-refractivity contribution in [2.75, 3.05) is 12.8 Å². The topological polar surface area (TPSA) is 52.3 Å². The van der Waals surface area contributed by atoms with Crippen LogP contribution in [0.5, 0.6) is 0 Å². The minimum Gasteiger partial charge on any atom is -0.469 e. The molecule has 1 aliphatic rings. The first-order valence-electron chi connectivity index (χ1n) is 4.69. The summed E-state index contributed by atoms with van der Waals surface area (Å²) in [4.78, 5) is 11.4. The molecule has 1 aromatic carbocycles. The molecule has 0 aromatic heterocycles. The first kappa shape index (κ1) is 11.9. The van der Waals surface area contributed by atoms with Crippen LogP contribution >= 0.6 is 12.4 Å². The number of nitrogen functional groups attached to an aromatic ring is 1. The van der Waals surface area contributed by atoms with Gasteiger partial charge in [-0.15, -0.1) is 12.4 Å². The Balaban J connectivity index is 0.00000112. The summed E-state index contributed by atoms with van der Waals surface area (Å²) in [5, 5.41) is 0. The Morgan fingerprint density at radius 1 is 1.53 bits per heavy atom. The second-order valence-electron chi connectivity index (χ2n) is 3.53. The van der Waals surface area contributed by atoms with Crippen LogP contribution in [0.25, 0.3) is 0 Å². The van der Waals surface area contributed by atoms with E-state index in [4.69, 9.17) is 10.5 Å². The third-order valence-electron chi connectivity index (χ3n) is 2.79. The fraction of sp³-hybridized carbons (Fsp3) is 0.364. The Hall–Kier alpha value is -1.22. The van der Waals surface area contributed by atoms with Gasteiger partial charge in [-0.3, -0.25) is 4.79 Å². The monoisotopic (exact) mass is 227 g/mol. The van der Waals surface area contributed by atoms with E-state index in [0.717, 1.165) is 29.7 Å². The van der Waals surface area contributed by atoms with Gasteiger partial charge in [-0.2, -0.15) is 0 Å². The van der Waals surface area contributed by atoms with E-state index in [0.29, 0.717) is 0 Å². The minimum atomic E-state index is -0.158. The van der Waals surface area contributed by atoms with Crippen molar-refractivity contribution in [2.24, 2.45) is 0 Å². The van der Waals surface area contributed by atoms with Gasteiger partial charge in [-0.25, -0.2) is 0 Å². The Labute approximate surface area is 95.0 Å². The van der Waals surface area contributed by atoms with Crippen LogP contribution in [0, 0.1) is 0 Å². The number of fused-ring (bicyclic) bond motifs is 1. The predicted molar refractivity (Wildman–Crippen MR) is 61.2 cm³/mol. The van der Waals surface area contributed by atoms with E-state index in [1.54, 1.807) is 0 Å². The molecule has 0 amide bonds. The van der Waals surface area contributed by atoms with Gasteiger partial charge in [0.25, 0.3) is 0 Å². The van der Waals surface area contributed by atoms with Crippen LogP contribution in [0.4, 0.5) is 5.69 Å². The van der Waals surface area contributed by atoms with Crippen molar-refractivity contribution in [1.29, 1.82) is 0 Å². The van der Waals surface area contributed by atoms with Crippen molar-refractivity contribution in [2.45, 2.75) is 18.8 Å². The third-order valence-corrected chi connectivity index (χ3v) is 2.79. The van der Waals surface area contributed by atoms with Crippen LogP contribution in [-0.2, 0) is 16.0 Å². The van der Waals surface area contributed by atoms with Crippen molar-refractivity contribution in [3.63, 3.8) is 0 Å². The summed E-state index contributed by atoms with van der Waals surface area (Å²) < 4.78 is 4.75. The van der Waals surface area contributed by atoms with Gasteiger partial charge in [0, 0.05) is 5.69 Å². The van der Waals surface area contributed by atoms with E-state index in [9.17, 15) is 4.79 Å². The maximum atomic E-state index is 11.4. The number of methoxy groups -OCH3 is 1. The third kappa shape index (κ3) is 1.92. The lowest BCUT2D eigenvalue weighted by atomic mass is 10.0. The molecule has 0 fully saturated rings. The van der Waals surface area contributed by atoms with Crippen molar-refractivity contribution in [1.82, 2.24) is 0 Å². The zero-order chi connectivity index (χ0) is 10.1. The normalized spacial score (nSPS) is 17.8. The fourth-order valence-electron chi connectivity index (χ4n) is 2.07. The average molecular weight is 228 g/mol. The summed E-state index contributed by atoms with van der Waals surface area (Å²) in [5.74, 6) is -0.271. The molecular formula is C11H14ClNO2. The number of carbonyl (C=O) groups is 1. The maximum Gasteiger partial charge on any atom is 0.313 e. The molecule has 3 nitrogen and oxygen atoms in total. The molecule has 0 aliphatic heterocycles. The van der Waals surface area contributed by atoms with E-state index in [-0.39, 0.29) is 24.3 Å². The molecule has 2 N–H and O–H groups in total. The summed E-state index contributed by atoms with van der Waals surface area (Å²) in [6, 6.07) is 5.72. The molecule has 1 aliphatic carbocycles. The van der Waals surface area contributed by atoms with Gasteiger partial charge < -0.3 is 10.5 Å². The Morgan fingerprint density at radius 3 is 2.93 bits per heavy atom. The van der Waals surface area contributed by atoms with Crippen LogP contribution in [0.15, 0.2) is 18.2 Å². The number of nitrogens with two attached hydrogens (primary N) is 1. The van der Waals surface area contributed by atoms with Crippen LogP contribution in [-0.4, -0.2) is 13.1 Å². The molecule has 1 aromatic rings. The average Bonchev–Trinajstić information content (AvgIpc) is 2.62. The molecule has 82 valence electrons. The van der Waals surface area contributed by atoms with Crippen LogP contribution < -0.4 is 5.73 Å². The van der Waals surface area contributed by atoms with Crippen LogP contribution in [0.1, 0.15) is 23.5 Å². The Morgan fingerprint density at radius 2 is 2.27 bits per heavy atom. The van der Waals surface area contributed by atoms with Gasteiger partial charge in [0.15, 0.2) is 0 Å². The van der Waals surface area contributed by atoms with Crippen LogP contribution in [0.3, 0.4) is 0 Å². The largest absolute Gasteiger partial charge is 0.469 e. The lowest BCUT2D eigenvalue weighted by Crippen LogP contribution is -2.11. The quantitative estimate of drug-likeness (QED) is 0.589. The van der Waals surface area contributed by atoms with Crippen molar-refractivity contribution in [3.8, 4) is 0 Å². The smallest absolute Gasteiger partial charge is 0.313 e. The minimum absolute atomic E-state index is 0. The molecular weight excluding hydrogens is 214 g/mol. The zero-order valence-corrected chi connectivity index (χ0v) is 9.34. The number of ether oxygens (including phenoxy) is 1. The van der Waals surface area contributed by atoms with Gasteiger partial charge >= 0.3 is 5.97 Å². The Bertz CT molecular complexity index is 379. The highest BCUT2D eigenvalue weighted by atomic mass is 35.5. The summed E-state index contributed by atoms with van der Waals surface area (Å²) in [6.45, 7) is 0. The second kappa shape index (κ2) is 4.53. The lowest BCUT2D eigenvalue weighted by Gasteiger charge is -2.09. The number of anilines is 1. The number of halogens is 1. The molecule has 15 heavy (non-hydrogen) atoms. The Kier molecular flexibility index (Phi) is 3.58. The SMILES string of the molecule is COC(=O)C1CCc2c(N)cccc21.Cl. The molecule has 1 unspecified atom stereocenters. The first-order chi connectivity index (χ1) is 6.74. The highest BCUT2D eigenvalue weighted by molar-refractivity contribution is 5.85. The van der Waals surface area contributed by atoms with Crippen LogP contribution in [0.2, 0.25) is 0 Å². The van der Waals surface area contributed by atoms with E-state index in [1.165, 1.54) is 7.11 Å². The fourth-order valence-corrected chi connectivity index (χ4v) is 2.07. The van der Waals surface area contributed by atoms with Crippen molar-refractivity contribution < 1.29 is 9.53 Å². The van der Waals surface area contributed by atoms with E-state index >= 15 is 0 Å². The standard InChI is InChI=1S/C11H13NO2.ClH/c1-14-11(13)9-6-5-8-7(9)3-2-4-10(8)12;/h2-4,9H,5-6,12H2,1H3;1H. The first-order valence-corrected chi connectivity index (χ1v) is 4.69. The number of rotatable bonds is 1. The number of benzene rings is 1. The molecule has 0 spiro atoms. The summed E-state index contributed by atoms with van der Waals surface area (Å²) >= 11 is 0. The summed E-state index contributed by atoms with van der Waals surface area (Å²) in [6.07, 6.45) is 1.69. The predicted octanol–water partition coefficient (Wildman–Crippen LogP) is 1.89. The van der Waals surface area contributed by atoms with Gasteiger partial charge in [-0.1, -0.05) is 12.1 Å². The van der Waals surface area contributed by atoms with E-state index in [2.05, 4.69) is 0 Å². The molecule has 0 bridgehead atoms. The molecule has 0 radical (unpaired) electrons. The van der Waals surface area contributed by atoms with Gasteiger partial charge in [0.1, 0.15) is 0 Å². The molecule has 2 rings (SSSR count). The maximum absolute atomic E-state index is 11.4. The van der Waals surface area contributed by atoms with Gasteiger partial charge in [0.2, 0.25) is 0 Å². The van der Waals surface area contributed by atoms with Gasteiger partial charge in [0.05, 0.1) is 13.0 Å².